The van der Waals surface area contributed by atoms with E-state index in [-0.39, 0.29) is 17.4 Å². The van der Waals surface area contributed by atoms with Gasteiger partial charge in [-0.25, -0.2) is 8.42 Å². The van der Waals surface area contributed by atoms with Crippen LogP contribution < -0.4 is 14.8 Å². The first-order valence-corrected chi connectivity index (χ1v) is 13.0. The molecule has 0 bridgehead atoms. The van der Waals surface area contributed by atoms with Gasteiger partial charge in [-0.15, -0.1) is 0 Å². The van der Waals surface area contributed by atoms with Gasteiger partial charge in [0, 0.05) is 13.1 Å². The maximum Gasteiger partial charge on any atom is 0.260 e. The van der Waals surface area contributed by atoms with Gasteiger partial charge in [0.15, 0.2) is 6.10 Å². The molecule has 1 aliphatic heterocycles. The molecule has 1 amide bonds. The monoisotopic (exact) mass is 482 g/mol. The number of sulfonamides is 1. The molecule has 1 atom stereocenters. The summed E-state index contributed by atoms with van der Waals surface area (Å²) in [5, 5.41) is 4.96. The minimum absolute atomic E-state index is 0.236. The molecule has 8 heteroatoms. The van der Waals surface area contributed by atoms with Crippen LogP contribution >= 0.6 is 0 Å². The predicted molar refractivity (Wildman–Crippen MR) is 132 cm³/mol. The van der Waals surface area contributed by atoms with E-state index in [1.54, 1.807) is 35.5 Å². The minimum atomic E-state index is -3.46. The van der Waals surface area contributed by atoms with Crippen LogP contribution in [0.15, 0.2) is 71.6 Å². The Kier molecular flexibility index (Phi) is 7.70. The average molecular weight is 483 g/mol. The SMILES string of the molecule is CC(Oc1ccc2ccccc2c1)C(=O)NCCOc1ccc(S(=O)(=O)N2CCCCC2)cc1. The number of carbonyl (C=O) groups is 1. The van der Waals surface area contributed by atoms with E-state index in [2.05, 4.69) is 5.32 Å². The van der Waals surface area contributed by atoms with Gasteiger partial charge in [-0.1, -0.05) is 36.8 Å². The van der Waals surface area contributed by atoms with Crippen molar-refractivity contribution in [2.24, 2.45) is 0 Å². The highest BCUT2D eigenvalue weighted by molar-refractivity contribution is 7.89. The Bertz CT molecular complexity index is 1220. The molecule has 1 fully saturated rings. The van der Waals surface area contributed by atoms with E-state index in [1.165, 1.54) is 0 Å². The molecule has 3 aromatic rings. The second kappa shape index (κ2) is 10.9. The van der Waals surface area contributed by atoms with Crippen molar-refractivity contribution in [3.63, 3.8) is 0 Å². The standard InChI is InChI=1S/C26H30N2O5S/c1-20(33-24-10-9-21-7-3-4-8-22(21)19-24)26(29)27-15-18-32-23-11-13-25(14-12-23)34(30,31)28-16-5-2-6-17-28/h3-4,7-14,19-20H,2,5-6,15-18H2,1H3,(H,27,29). The lowest BCUT2D eigenvalue weighted by atomic mass is 10.1. The zero-order valence-electron chi connectivity index (χ0n) is 19.3. The number of rotatable bonds is 9. The van der Waals surface area contributed by atoms with Gasteiger partial charge in [-0.2, -0.15) is 4.31 Å². The van der Waals surface area contributed by atoms with Gasteiger partial charge in [0.05, 0.1) is 11.4 Å². The number of nitrogens with one attached hydrogen (secondary N) is 1. The Morgan fingerprint density at radius 2 is 1.62 bits per heavy atom. The number of fused-ring (bicyclic) bond motifs is 1. The molecule has 34 heavy (non-hydrogen) atoms. The first kappa shape index (κ1) is 24.0. The van der Waals surface area contributed by atoms with Crippen LogP contribution in [-0.4, -0.2) is 51.0 Å². The topological polar surface area (TPSA) is 84.9 Å². The van der Waals surface area contributed by atoms with Crippen LogP contribution in [0.2, 0.25) is 0 Å². The molecule has 7 nitrogen and oxygen atoms in total. The number of hydrogen-bond donors (Lipinski definition) is 1. The van der Waals surface area contributed by atoms with E-state index in [4.69, 9.17) is 9.47 Å². The van der Waals surface area contributed by atoms with Gasteiger partial charge in [0.1, 0.15) is 18.1 Å². The number of piperidine rings is 1. The first-order valence-electron chi connectivity index (χ1n) is 11.6. The summed E-state index contributed by atoms with van der Waals surface area (Å²) in [7, 11) is -3.46. The number of ether oxygens (including phenoxy) is 2. The molecule has 1 saturated heterocycles. The number of nitrogens with zero attached hydrogens (tertiary/aromatic N) is 1. The van der Waals surface area contributed by atoms with Crippen molar-refractivity contribution < 1.29 is 22.7 Å². The lowest BCUT2D eigenvalue weighted by molar-refractivity contribution is -0.127. The zero-order chi connectivity index (χ0) is 24.0. The number of benzene rings is 3. The maximum absolute atomic E-state index is 12.7. The lowest BCUT2D eigenvalue weighted by Gasteiger charge is -2.25. The summed E-state index contributed by atoms with van der Waals surface area (Å²) >= 11 is 0. The van der Waals surface area contributed by atoms with Crippen LogP contribution in [-0.2, 0) is 14.8 Å². The second-order valence-corrected chi connectivity index (χ2v) is 10.3. The molecule has 1 heterocycles. The highest BCUT2D eigenvalue weighted by atomic mass is 32.2. The summed E-state index contributed by atoms with van der Waals surface area (Å²) in [5.41, 5.74) is 0. The molecule has 180 valence electrons. The summed E-state index contributed by atoms with van der Waals surface area (Å²) in [6, 6.07) is 20.1. The van der Waals surface area contributed by atoms with Crippen LogP contribution in [0.5, 0.6) is 11.5 Å². The molecule has 0 radical (unpaired) electrons. The van der Waals surface area contributed by atoms with E-state index in [0.29, 0.717) is 31.1 Å². The molecule has 0 spiro atoms. The Balaban J connectivity index is 1.22. The van der Waals surface area contributed by atoms with Gasteiger partial charge in [0.25, 0.3) is 5.91 Å². The molecule has 3 aromatic carbocycles. The fraction of sp³-hybridized carbons (Fsp3) is 0.346. The molecule has 1 aliphatic rings. The van der Waals surface area contributed by atoms with Gasteiger partial charge >= 0.3 is 0 Å². The molecule has 1 unspecified atom stereocenters. The molecule has 0 saturated carbocycles. The first-order chi connectivity index (χ1) is 16.4. The summed E-state index contributed by atoms with van der Waals surface area (Å²) in [6.07, 6.45) is 2.22. The molecule has 0 aromatic heterocycles. The predicted octanol–water partition coefficient (Wildman–Crippen LogP) is 3.98. The highest BCUT2D eigenvalue weighted by Gasteiger charge is 2.25. The van der Waals surface area contributed by atoms with Crippen molar-refractivity contribution in [2.75, 3.05) is 26.2 Å². The Hall–Kier alpha value is -3.10. The van der Waals surface area contributed by atoms with Gasteiger partial charge < -0.3 is 14.8 Å². The summed E-state index contributed by atoms with van der Waals surface area (Å²) in [6.45, 7) is 3.41. The fourth-order valence-electron chi connectivity index (χ4n) is 3.95. The highest BCUT2D eigenvalue weighted by Crippen LogP contribution is 2.23. The maximum atomic E-state index is 12.7. The molecule has 0 aliphatic carbocycles. The van der Waals surface area contributed by atoms with Gasteiger partial charge in [-0.3, -0.25) is 4.79 Å². The molecular weight excluding hydrogens is 452 g/mol. The zero-order valence-corrected chi connectivity index (χ0v) is 20.1. The largest absolute Gasteiger partial charge is 0.492 e. The van der Waals surface area contributed by atoms with Crippen molar-refractivity contribution in [1.82, 2.24) is 9.62 Å². The van der Waals surface area contributed by atoms with Crippen LogP contribution in [0, 0.1) is 0 Å². The third kappa shape index (κ3) is 5.87. The smallest absolute Gasteiger partial charge is 0.260 e. The Labute approximate surface area is 200 Å². The Morgan fingerprint density at radius 1 is 0.941 bits per heavy atom. The molecular formula is C26H30N2O5S. The lowest BCUT2D eigenvalue weighted by Crippen LogP contribution is -2.38. The van der Waals surface area contributed by atoms with Gasteiger partial charge in [-0.05, 0) is 66.9 Å². The van der Waals surface area contributed by atoms with E-state index < -0.39 is 16.1 Å². The van der Waals surface area contributed by atoms with E-state index in [1.807, 2.05) is 42.5 Å². The normalized spacial score (nSPS) is 15.6. The Morgan fingerprint density at radius 3 is 2.35 bits per heavy atom. The number of carbonyl (C=O) groups excluding carboxylic acids is 1. The van der Waals surface area contributed by atoms with Gasteiger partial charge in [0.2, 0.25) is 10.0 Å². The summed E-state index contributed by atoms with van der Waals surface area (Å²) in [5.74, 6) is 0.948. The van der Waals surface area contributed by atoms with E-state index in [0.717, 1.165) is 30.0 Å². The van der Waals surface area contributed by atoms with Crippen LogP contribution in [0.4, 0.5) is 0 Å². The van der Waals surface area contributed by atoms with Crippen molar-refractivity contribution in [3.05, 3.63) is 66.7 Å². The average Bonchev–Trinajstić information content (AvgIpc) is 2.87. The van der Waals surface area contributed by atoms with E-state index in [9.17, 15) is 13.2 Å². The minimum Gasteiger partial charge on any atom is -0.492 e. The van der Waals surface area contributed by atoms with Crippen LogP contribution in [0.25, 0.3) is 10.8 Å². The third-order valence-electron chi connectivity index (χ3n) is 5.85. The van der Waals surface area contributed by atoms with Crippen molar-refractivity contribution in [3.8, 4) is 11.5 Å². The molecule has 4 rings (SSSR count). The van der Waals surface area contributed by atoms with Crippen molar-refractivity contribution in [1.29, 1.82) is 0 Å². The molecule has 1 N–H and O–H groups in total. The van der Waals surface area contributed by atoms with E-state index >= 15 is 0 Å². The quantitative estimate of drug-likeness (QED) is 0.467. The summed E-state index contributed by atoms with van der Waals surface area (Å²) < 4.78 is 38.4. The number of hydrogen-bond acceptors (Lipinski definition) is 5. The second-order valence-electron chi connectivity index (χ2n) is 8.34. The fourth-order valence-corrected chi connectivity index (χ4v) is 5.46. The third-order valence-corrected chi connectivity index (χ3v) is 7.76. The van der Waals surface area contributed by atoms with Crippen molar-refractivity contribution in [2.45, 2.75) is 37.2 Å². The van der Waals surface area contributed by atoms with Crippen LogP contribution in [0.3, 0.4) is 0 Å². The van der Waals surface area contributed by atoms with Crippen LogP contribution in [0.1, 0.15) is 26.2 Å². The summed E-state index contributed by atoms with van der Waals surface area (Å²) in [4.78, 5) is 12.6. The number of amides is 1. The van der Waals surface area contributed by atoms with Crippen molar-refractivity contribution >= 4 is 26.7 Å².